The molecule has 0 aliphatic heterocycles. The Kier molecular flexibility index (Phi) is 4.39. The molecule has 0 aromatic heterocycles. The van der Waals surface area contributed by atoms with Crippen LogP contribution in [-0.2, 0) is 4.79 Å². The molecule has 0 saturated heterocycles. The summed E-state index contributed by atoms with van der Waals surface area (Å²) in [6, 6.07) is 7.11. The molecule has 1 aromatic carbocycles. The van der Waals surface area contributed by atoms with Crippen LogP contribution in [0.5, 0.6) is 0 Å². The van der Waals surface area contributed by atoms with Gasteiger partial charge in [-0.05, 0) is 26.0 Å². The topological polar surface area (TPSA) is 84.6 Å². The van der Waals surface area contributed by atoms with Crippen LogP contribution in [0, 0.1) is 6.92 Å². The summed E-state index contributed by atoms with van der Waals surface area (Å²) in [5, 5.41) is 3.78. The molecular weight excluding hydrogens is 218 g/mol. The van der Waals surface area contributed by atoms with E-state index in [1.165, 1.54) is 0 Å². The number of hydrogen-bond acceptors (Lipinski definition) is 3. The summed E-state index contributed by atoms with van der Waals surface area (Å²) in [4.78, 5) is 22.2. The minimum atomic E-state index is -0.476. The number of hydrogen-bond donors (Lipinski definition) is 2. The lowest BCUT2D eigenvalue weighted by Gasteiger charge is -2.01. The Balaban J connectivity index is 2.61. The Morgan fingerprint density at radius 3 is 2.41 bits per heavy atom. The average Bonchev–Trinajstić information content (AvgIpc) is 2.26. The predicted molar refractivity (Wildman–Crippen MR) is 65.6 cm³/mol. The van der Waals surface area contributed by atoms with Crippen molar-refractivity contribution in [2.24, 2.45) is 10.8 Å². The van der Waals surface area contributed by atoms with Gasteiger partial charge in [0.15, 0.2) is 0 Å². The summed E-state index contributed by atoms with van der Waals surface area (Å²) in [5.41, 5.74) is 9.43. The standard InChI is InChI=1S/C12H15N3O2/c1-8-3-5-10(6-4-8)12(17)15-14-9(2)7-11(13)16/h3-6H,7H2,1-2H3,(H2,13,16)(H,15,17)/b14-9+. The van der Waals surface area contributed by atoms with Gasteiger partial charge < -0.3 is 5.73 Å². The van der Waals surface area contributed by atoms with Crippen LogP contribution in [0.1, 0.15) is 29.3 Å². The molecule has 0 atom stereocenters. The summed E-state index contributed by atoms with van der Waals surface area (Å²) in [7, 11) is 0. The number of nitrogens with two attached hydrogens (primary N) is 1. The van der Waals surface area contributed by atoms with E-state index in [2.05, 4.69) is 10.5 Å². The second-order valence-corrected chi connectivity index (χ2v) is 3.80. The summed E-state index contributed by atoms with van der Waals surface area (Å²) >= 11 is 0. The highest BCUT2D eigenvalue weighted by atomic mass is 16.2. The van der Waals surface area contributed by atoms with Crippen LogP contribution in [-0.4, -0.2) is 17.5 Å². The summed E-state index contributed by atoms with van der Waals surface area (Å²) < 4.78 is 0. The second-order valence-electron chi connectivity index (χ2n) is 3.80. The van der Waals surface area contributed by atoms with Gasteiger partial charge in [-0.15, -0.1) is 0 Å². The monoisotopic (exact) mass is 233 g/mol. The molecule has 0 fully saturated rings. The smallest absolute Gasteiger partial charge is 0.271 e. The van der Waals surface area contributed by atoms with Crippen molar-refractivity contribution >= 4 is 17.5 Å². The molecule has 0 aliphatic carbocycles. The molecule has 1 rings (SSSR count). The SMILES string of the molecule is C/C(CC(N)=O)=N\NC(=O)c1ccc(C)cc1. The molecule has 0 radical (unpaired) electrons. The van der Waals surface area contributed by atoms with Gasteiger partial charge >= 0.3 is 0 Å². The quantitative estimate of drug-likeness (QED) is 0.600. The molecule has 0 saturated carbocycles. The van der Waals surface area contributed by atoms with Crippen molar-refractivity contribution in [1.29, 1.82) is 0 Å². The van der Waals surface area contributed by atoms with E-state index in [-0.39, 0.29) is 12.3 Å². The Hall–Kier alpha value is -2.17. The average molecular weight is 233 g/mol. The van der Waals surface area contributed by atoms with Gasteiger partial charge in [-0.25, -0.2) is 5.43 Å². The van der Waals surface area contributed by atoms with Gasteiger partial charge in [0, 0.05) is 11.3 Å². The summed E-state index contributed by atoms with van der Waals surface area (Å²) in [5.74, 6) is -0.787. The van der Waals surface area contributed by atoms with E-state index >= 15 is 0 Å². The Labute approximate surface area is 99.7 Å². The van der Waals surface area contributed by atoms with Gasteiger partial charge in [0.25, 0.3) is 5.91 Å². The lowest BCUT2D eigenvalue weighted by atomic mass is 10.1. The van der Waals surface area contributed by atoms with Crippen molar-refractivity contribution in [2.45, 2.75) is 20.3 Å². The summed E-state index contributed by atoms with van der Waals surface area (Å²) in [6.07, 6.45) is 0.0359. The number of amides is 2. The molecule has 0 unspecified atom stereocenters. The largest absolute Gasteiger partial charge is 0.369 e. The van der Waals surface area contributed by atoms with Gasteiger partial charge in [-0.2, -0.15) is 5.10 Å². The second kappa shape index (κ2) is 5.79. The number of nitrogens with one attached hydrogen (secondary N) is 1. The van der Waals surface area contributed by atoms with Gasteiger partial charge in [0.05, 0.1) is 6.42 Å². The predicted octanol–water partition coefficient (Wildman–Crippen LogP) is 0.976. The third-order valence-corrected chi connectivity index (χ3v) is 2.09. The first kappa shape index (κ1) is 12.9. The number of benzene rings is 1. The number of carbonyl (C=O) groups is 2. The molecule has 0 aliphatic rings. The maximum Gasteiger partial charge on any atom is 0.271 e. The van der Waals surface area contributed by atoms with E-state index < -0.39 is 5.91 Å². The van der Waals surface area contributed by atoms with E-state index in [9.17, 15) is 9.59 Å². The molecule has 3 N–H and O–H groups in total. The van der Waals surface area contributed by atoms with E-state index in [0.717, 1.165) is 5.56 Å². The van der Waals surface area contributed by atoms with Crippen LogP contribution >= 0.6 is 0 Å². The molecule has 0 heterocycles. The third kappa shape index (κ3) is 4.46. The number of rotatable bonds is 4. The van der Waals surface area contributed by atoms with Gasteiger partial charge in [0.1, 0.15) is 0 Å². The van der Waals surface area contributed by atoms with E-state index in [1.807, 2.05) is 19.1 Å². The zero-order valence-corrected chi connectivity index (χ0v) is 9.86. The first-order valence-electron chi connectivity index (χ1n) is 5.17. The molecule has 1 aromatic rings. The van der Waals surface area contributed by atoms with Crippen LogP contribution in [0.25, 0.3) is 0 Å². The van der Waals surface area contributed by atoms with Crippen molar-refractivity contribution < 1.29 is 9.59 Å². The first-order chi connectivity index (χ1) is 7.99. The van der Waals surface area contributed by atoms with Gasteiger partial charge in [0.2, 0.25) is 5.91 Å². The van der Waals surface area contributed by atoms with Crippen LogP contribution < -0.4 is 11.2 Å². The van der Waals surface area contributed by atoms with Crippen LogP contribution in [0.2, 0.25) is 0 Å². The fraction of sp³-hybridized carbons (Fsp3) is 0.250. The lowest BCUT2D eigenvalue weighted by molar-refractivity contribution is -0.116. The fourth-order valence-electron chi connectivity index (χ4n) is 1.21. The van der Waals surface area contributed by atoms with Crippen molar-refractivity contribution in [2.75, 3.05) is 0 Å². The van der Waals surface area contributed by atoms with Crippen molar-refractivity contribution in [1.82, 2.24) is 5.43 Å². The zero-order chi connectivity index (χ0) is 12.8. The maximum atomic E-state index is 11.6. The molecule has 17 heavy (non-hydrogen) atoms. The molecule has 5 heteroatoms. The minimum absolute atomic E-state index is 0.0359. The molecule has 2 amide bonds. The molecule has 90 valence electrons. The van der Waals surface area contributed by atoms with Crippen molar-refractivity contribution in [3.8, 4) is 0 Å². The Bertz CT molecular complexity index is 449. The zero-order valence-electron chi connectivity index (χ0n) is 9.86. The van der Waals surface area contributed by atoms with Gasteiger partial charge in [-0.1, -0.05) is 17.7 Å². The Morgan fingerprint density at radius 1 is 1.29 bits per heavy atom. The van der Waals surface area contributed by atoms with Crippen molar-refractivity contribution in [3.63, 3.8) is 0 Å². The number of hydrazone groups is 1. The highest BCUT2D eigenvalue weighted by Crippen LogP contribution is 2.02. The first-order valence-corrected chi connectivity index (χ1v) is 5.17. The van der Waals surface area contributed by atoms with Crippen LogP contribution in [0.3, 0.4) is 0 Å². The van der Waals surface area contributed by atoms with E-state index in [0.29, 0.717) is 11.3 Å². The maximum absolute atomic E-state index is 11.6. The van der Waals surface area contributed by atoms with Crippen LogP contribution in [0.15, 0.2) is 29.4 Å². The number of primary amides is 1. The molecular formula is C12H15N3O2. The van der Waals surface area contributed by atoms with E-state index in [4.69, 9.17) is 5.73 Å². The molecule has 5 nitrogen and oxygen atoms in total. The highest BCUT2D eigenvalue weighted by Gasteiger charge is 2.04. The third-order valence-electron chi connectivity index (χ3n) is 2.09. The van der Waals surface area contributed by atoms with Crippen molar-refractivity contribution in [3.05, 3.63) is 35.4 Å². The number of carbonyl (C=O) groups excluding carboxylic acids is 2. The highest BCUT2D eigenvalue weighted by molar-refractivity contribution is 6.00. The van der Waals surface area contributed by atoms with E-state index in [1.54, 1.807) is 19.1 Å². The fourth-order valence-corrected chi connectivity index (χ4v) is 1.21. The summed E-state index contributed by atoms with van der Waals surface area (Å²) in [6.45, 7) is 3.57. The Morgan fingerprint density at radius 2 is 1.88 bits per heavy atom. The minimum Gasteiger partial charge on any atom is -0.369 e. The molecule has 0 bridgehead atoms. The van der Waals surface area contributed by atoms with Gasteiger partial charge in [-0.3, -0.25) is 9.59 Å². The lowest BCUT2D eigenvalue weighted by Crippen LogP contribution is -2.21. The number of nitrogens with zero attached hydrogens (tertiary/aromatic N) is 1. The number of aryl methyl sites for hydroxylation is 1. The molecule has 0 spiro atoms. The van der Waals surface area contributed by atoms with Crippen LogP contribution in [0.4, 0.5) is 0 Å². The normalized spacial score (nSPS) is 11.1.